The van der Waals surface area contributed by atoms with Gasteiger partial charge in [0.2, 0.25) is 0 Å². The van der Waals surface area contributed by atoms with Crippen LogP contribution in [0.5, 0.6) is 11.5 Å². The lowest BCUT2D eigenvalue weighted by Crippen LogP contribution is -2.00. The zero-order chi connectivity index (χ0) is 14.9. The van der Waals surface area contributed by atoms with Crippen LogP contribution >= 0.6 is 55.1 Å². The second kappa shape index (κ2) is 6.62. The standard InChI is InChI=1S/C13H8Br2Cl2FNO/c14-7-3-9(17)11(4-8(7)16)20-10-2-1-6(5-19)12(15)13(10)18/h1-4H,5,19H2. The van der Waals surface area contributed by atoms with Crippen molar-refractivity contribution in [2.24, 2.45) is 5.73 Å². The third kappa shape index (κ3) is 3.28. The Hall–Kier alpha value is -0.330. The summed E-state index contributed by atoms with van der Waals surface area (Å²) in [5.74, 6) is -0.233. The van der Waals surface area contributed by atoms with E-state index in [1.807, 2.05) is 0 Å². The summed E-state index contributed by atoms with van der Waals surface area (Å²) in [5.41, 5.74) is 6.15. The average molecular weight is 444 g/mol. The van der Waals surface area contributed by atoms with Gasteiger partial charge in [-0.25, -0.2) is 4.39 Å². The van der Waals surface area contributed by atoms with E-state index < -0.39 is 5.82 Å². The van der Waals surface area contributed by atoms with Crippen molar-refractivity contribution in [2.75, 3.05) is 0 Å². The van der Waals surface area contributed by atoms with Crippen LogP contribution in [0.25, 0.3) is 0 Å². The fraction of sp³-hybridized carbons (Fsp3) is 0.0769. The van der Waals surface area contributed by atoms with Crippen molar-refractivity contribution in [1.29, 1.82) is 0 Å². The molecule has 0 bridgehead atoms. The number of benzene rings is 2. The smallest absolute Gasteiger partial charge is 0.180 e. The van der Waals surface area contributed by atoms with E-state index in [0.29, 0.717) is 20.1 Å². The first-order valence-electron chi connectivity index (χ1n) is 5.43. The Labute approximate surface area is 142 Å². The van der Waals surface area contributed by atoms with E-state index in [0.717, 1.165) is 0 Å². The van der Waals surface area contributed by atoms with Gasteiger partial charge in [-0.2, -0.15) is 0 Å². The number of hydrogen-bond acceptors (Lipinski definition) is 2. The largest absolute Gasteiger partial charge is 0.453 e. The third-order valence-electron chi connectivity index (χ3n) is 2.54. The Bertz CT molecular complexity index is 667. The molecule has 2 nitrogen and oxygen atoms in total. The Kier molecular flexibility index (Phi) is 5.31. The van der Waals surface area contributed by atoms with Crippen molar-refractivity contribution in [3.05, 3.63) is 54.6 Å². The molecule has 2 rings (SSSR count). The molecule has 7 heteroatoms. The highest BCUT2D eigenvalue weighted by atomic mass is 79.9. The molecule has 0 heterocycles. The summed E-state index contributed by atoms with van der Waals surface area (Å²) in [6.07, 6.45) is 0. The van der Waals surface area contributed by atoms with Crippen LogP contribution in [0, 0.1) is 5.82 Å². The summed E-state index contributed by atoms with van der Waals surface area (Å²) < 4.78 is 20.5. The summed E-state index contributed by atoms with van der Waals surface area (Å²) in [6.45, 7) is 0.225. The average Bonchev–Trinajstić information content (AvgIpc) is 2.41. The van der Waals surface area contributed by atoms with Gasteiger partial charge in [0.05, 0.1) is 14.5 Å². The maximum atomic E-state index is 14.1. The van der Waals surface area contributed by atoms with Gasteiger partial charge in [-0.3, -0.25) is 0 Å². The second-order valence-corrected chi connectivity index (χ2v) is 6.32. The molecule has 0 saturated heterocycles. The minimum absolute atomic E-state index is 0.0364. The Morgan fingerprint density at radius 1 is 1.10 bits per heavy atom. The van der Waals surface area contributed by atoms with Gasteiger partial charge in [0, 0.05) is 17.1 Å². The van der Waals surface area contributed by atoms with Gasteiger partial charge in [-0.1, -0.05) is 29.3 Å². The molecule has 2 aromatic rings. The molecule has 0 amide bonds. The maximum absolute atomic E-state index is 14.1. The highest BCUT2D eigenvalue weighted by molar-refractivity contribution is 9.10. The van der Waals surface area contributed by atoms with Crippen LogP contribution in [0.4, 0.5) is 4.39 Å². The van der Waals surface area contributed by atoms with Crippen molar-refractivity contribution in [3.63, 3.8) is 0 Å². The molecule has 20 heavy (non-hydrogen) atoms. The van der Waals surface area contributed by atoms with Gasteiger partial charge < -0.3 is 10.5 Å². The Morgan fingerprint density at radius 2 is 1.80 bits per heavy atom. The van der Waals surface area contributed by atoms with E-state index in [1.54, 1.807) is 12.1 Å². The van der Waals surface area contributed by atoms with Gasteiger partial charge >= 0.3 is 0 Å². The first-order chi connectivity index (χ1) is 9.43. The summed E-state index contributed by atoms with van der Waals surface area (Å²) in [5, 5.41) is 0.738. The molecule has 0 aliphatic heterocycles. The van der Waals surface area contributed by atoms with Crippen LogP contribution in [0.1, 0.15) is 5.56 Å². The van der Waals surface area contributed by atoms with Crippen LogP contribution in [0.3, 0.4) is 0 Å². The second-order valence-electron chi connectivity index (χ2n) is 3.85. The molecule has 0 spiro atoms. The van der Waals surface area contributed by atoms with Gasteiger partial charge in [-0.15, -0.1) is 0 Å². The highest BCUT2D eigenvalue weighted by Gasteiger charge is 2.14. The molecule has 2 aromatic carbocycles. The zero-order valence-corrected chi connectivity index (χ0v) is 14.6. The fourth-order valence-electron chi connectivity index (χ4n) is 1.51. The lowest BCUT2D eigenvalue weighted by molar-refractivity contribution is 0.440. The number of rotatable bonds is 3. The summed E-state index contributed by atoms with van der Waals surface area (Å²) in [6, 6.07) is 6.27. The molecule has 0 fully saturated rings. The predicted octanol–water partition coefficient (Wildman–Crippen LogP) is 5.91. The van der Waals surface area contributed by atoms with Crippen LogP contribution in [-0.4, -0.2) is 0 Å². The quantitative estimate of drug-likeness (QED) is 0.598. The minimum Gasteiger partial charge on any atom is -0.453 e. The highest BCUT2D eigenvalue weighted by Crippen LogP contribution is 2.38. The van der Waals surface area contributed by atoms with Crippen LogP contribution in [0.15, 0.2) is 33.2 Å². The summed E-state index contributed by atoms with van der Waals surface area (Å²) >= 11 is 18.4. The molecule has 0 unspecified atom stereocenters. The van der Waals surface area contributed by atoms with E-state index in [2.05, 4.69) is 31.9 Å². The topological polar surface area (TPSA) is 35.2 Å². The molecule has 0 aromatic heterocycles. The third-order valence-corrected chi connectivity index (χ3v) is 4.89. The summed E-state index contributed by atoms with van der Waals surface area (Å²) in [7, 11) is 0. The van der Waals surface area contributed by atoms with E-state index >= 15 is 0 Å². The van der Waals surface area contributed by atoms with Crippen molar-refractivity contribution in [2.45, 2.75) is 6.54 Å². The lowest BCUT2D eigenvalue weighted by atomic mass is 10.2. The predicted molar refractivity (Wildman–Crippen MR) is 86.2 cm³/mol. The SMILES string of the molecule is NCc1ccc(Oc2cc(Cl)c(Br)cc2Cl)c(F)c1Br. The molecule has 0 aliphatic rings. The Balaban J connectivity index is 2.40. The van der Waals surface area contributed by atoms with Crippen LogP contribution < -0.4 is 10.5 Å². The monoisotopic (exact) mass is 441 g/mol. The van der Waals surface area contributed by atoms with Crippen molar-refractivity contribution < 1.29 is 9.13 Å². The fourth-order valence-corrected chi connectivity index (χ4v) is 2.83. The van der Waals surface area contributed by atoms with Crippen molar-refractivity contribution in [1.82, 2.24) is 0 Å². The number of halogens is 5. The Morgan fingerprint density at radius 3 is 2.45 bits per heavy atom. The van der Waals surface area contributed by atoms with Gasteiger partial charge in [0.15, 0.2) is 11.6 Å². The van der Waals surface area contributed by atoms with E-state index in [4.69, 9.17) is 33.7 Å². The van der Waals surface area contributed by atoms with Crippen molar-refractivity contribution in [3.8, 4) is 11.5 Å². The lowest BCUT2D eigenvalue weighted by Gasteiger charge is -2.12. The van der Waals surface area contributed by atoms with Gasteiger partial charge in [-0.05, 0) is 49.6 Å². The first-order valence-corrected chi connectivity index (χ1v) is 7.77. The van der Waals surface area contributed by atoms with Crippen LogP contribution in [-0.2, 0) is 6.54 Å². The first kappa shape index (κ1) is 16.0. The molecular formula is C13H8Br2Cl2FNO. The van der Waals surface area contributed by atoms with Gasteiger partial charge in [0.1, 0.15) is 5.75 Å². The number of hydrogen-bond donors (Lipinski definition) is 1. The number of ether oxygens (including phenoxy) is 1. The van der Waals surface area contributed by atoms with Crippen molar-refractivity contribution >= 4 is 55.1 Å². The van der Waals surface area contributed by atoms with Crippen LogP contribution in [0.2, 0.25) is 10.0 Å². The molecule has 0 aliphatic carbocycles. The summed E-state index contributed by atoms with van der Waals surface area (Å²) in [4.78, 5) is 0. The maximum Gasteiger partial charge on any atom is 0.180 e. The molecule has 0 atom stereocenters. The van der Waals surface area contributed by atoms with E-state index in [-0.39, 0.29) is 22.5 Å². The van der Waals surface area contributed by atoms with Gasteiger partial charge in [0.25, 0.3) is 0 Å². The van der Waals surface area contributed by atoms with E-state index in [9.17, 15) is 4.39 Å². The molecular weight excluding hydrogens is 436 g/mol. The minimum atomic E-state index is -0.539. The number of nitrogens with two attached hydrogens (primary N) is 1. The zero-order valence-electron chi connectivity index (χ0n) is 9.89. The molecule has 0 saturated carbocycles. The molecule has 2 N–H and O–H groups in total. The molecule has 0 radical (unpaired) electrons. The van der Waals surface area contributed by atoms with E-state index in [1.165, 1.54) is 12.1 Å². The normalized spacial score (nSPS) is 10.7. The molecule has 106 valence electrons.